The van der Waals surface area contributed by atoms with E-state index in [1.165, 1.54) is 23.5 Å². The number of amides is 2. The SMILES string of the molecule is CN(C1(C(=O)NC2C3CC4CC2CC(C(N)=O)(C4)C3)CC1)S(=O)(=O)c1ccccc1Cl. The van der Waals surface area contributed by atoms with Gasteiger partial charge in [0.1, 0.15) is 10.4 Å². The van der Waals surface area contributed by atoms with Gasteiger partial charge in [-0.15, -0.1) is 0 Å². The summed E-state index contributed by atoms with van der Waals surface area (Å²) in [5, 5.41) is 3.35. The number of primary amides is 1. The molecule has 0 aliphatic heterocycles. The molecular formula is C22H28ClN3O4S. The predicted octanol–water partition coefficient (Wildman–Crippen LogP) is 2.29. The number of carbonyl (C=O) groups is 2. The van der Waals surface area contributed by atoms with Gasteiger partial charge in [0, 0.05) is 18.5 Å². The van der Waals surface area contributed by atoms with Crippen molar-refractivity contribution >= 4 is 33.4 Å². The van der Waals surface area contributed by atoms with Crippen LogP contribution in [0.2, 0.25) is 5.02 Å². The summed E-state index contributed by atoms with van der Waals surface area (Å²) in [4.78, 5) is 25.6. The van der Waals surface area contributed by atoms with E-state index < -0.39 is 21.0 Å². The number of carbonyl (C=O) groups excluding carboxylic acids is 2. The zero-order valence-corrected chi connectivity index (χ0v) is 19.1. The Bertz CT molecular complexity index is 1040. The van der Waals surface area contributed by atoms with Crippen LogP contribution in [0.1, 0.15) is 44.9 Å². The quantitative estimate of drug-likeness (QED) is 0.671. The van der Waals surface area contributed by atoms with Gasteiger partial charge >= 0.3 is 0 Å². The van der Waals surface area contributed by atoms with Crippen LogP contribution < -0.4 is 11.1 Å². The van der Waals surface area contributed by atoms with Crippen molar-refractivity contribution in [1.82, 2.24) is 9.62 Å². The van der Waals surface area contributed by atoms with Gasteiger partial charge in [-0.2, -0.15) is 4.31 Å². The Morgan fingerprint density at radius 2 is 1.74 bits per heavy atom. The second-order valence-electron chi connectivity index (χ2n) is 10.0. The van der Waals surface area contributed by atoms with Crippen LogP contribution in [-0.2, 0) is 19.6 Å². The van der Waals surface area contributed by atoms with E-state index in [4.69, 9.17) is 17.3 Å². The van der Waals surface area contributed by atoms with Crippen LogP contribution in [0.4, 0.5) is 0 Å². The lowest BCUT2D eigenvalue weighted by atomic mass is 9.47. The summed E-state index contributed by atoms with van der Waals surface area (Å²) < 4.78 is 27.6. The van der Waals surface area contributed by atoms with Crippen LogP contribution in [0.3, 0.4) is 0 Å². The molecule has 0 aromatic heterocycles. The van der Waals surface area contributed by atoms with Gasteiger partial charge in [0.2, 0.25) is 21.8 Å². The van der Waals surface area contributed by atoms with E-state index in [-0.39, 0.29) is 39.6 Å². The number of nitrogens with zero attached hydrogens (tertiary/aromatic N) is 1. The lowest BCUT2D eigenvalue weighted by Gasteiger charge is -2.59. The first kappa shape index (κ1) is 21.2. The average Bonchev–Trinajstić information content (AvgIpc) is 3.51. The molecule has 0 spiro atoms. The Labute approximate surface area is 187 Å². The molecule has 5 fully saturated rings. The highest BCUT2D eigenvalue weighted by molar-refractivity contribution is 7.89. The van der Waals surface area contributed by atoms with Crippen LogP contribution in [0.25, 0.3) is 0 Å². The summed E-state index contributed by atoms with van der Waals surface area (Å²) >= 11 is 6.14. The third-order valence-corrected chi connectivity index (χ3v) is 10.7. The molecule has 0 saturated heterocycles. The zero-order chi connectivity index (χ0) is 22.2. The van der Waals surface area contributed by atoms with Gasteiger partial charge in [0.05, 0.1) is 5.02 Å². The van der Waals surface area contributed by atoms with Crippen LogP contribution >= 0.6 is 11.6 Å². The van der Waals surface area contributed by atoms with Gasteiger partial charge in [0.25, 0.3) is 0 Å². The molecule has 4 bridgehead atoms. The molecule has 0 heterocycles. The predicted molar refractivity (Wildman–Crippen MR) is 115 cm³/mol. The van der Waals surface area contributed by atoms with Crippen LogP contribution in [0.15, 0.2) is 29.2 Å². The first-order valence-corrected chi connectivity index (χ1v) is 12.8. The van der Waals surface area contributed by atoms with E-state index in [1.54, 1.807) is 12.1 Å². The number of likely N-dealkylation sites (N-methyl/N-ethyl adjacent to an activating group) is 1. The molecule has 1 aromatic carbocycles. The molecule has 2 atom stereocenters. The first-order valence-electron chi connectivity index (χ1n) is 10.9. The second kappa shape index (κ2) is 6.93. The molecule has 5 aliphatic carbocycles. The van der Waals surface area contributed by atoms with Crippen molar-refractivity contribution in [2.75, 3.05) is 7.05 Å². The Kier molecular flexibility index (Phi) is 4.74. The minimum atomic E-state index is -3.91. The molecule has 2 unspecified atom stereocenters. The number of hydrogen-bond acceptors (Lipinski definition) is 4. The van der Waals surface area contributed by atoms with E-state index in [0.717, 1.165) is 32.1 Å². The Morgan fingerprint density at radius 1 is 1.13 bits per heavy atom. The minimum absolute atomic E-state index is 0.0104. The molecule has 1 aromatic rings. The topological polar surface area (TPSA) is 110 Å². The maximum atomic E-state index is 13.4. The van der Waals surface area contributed by atoms with Crippen molar-refractivity contribution in [2.45, 2.75) is 61.4 Å². The van der Waals surface area contributed by atoms with Crippen molar-refractivity contribution in [3.63, 3.8) is 0 Å². The standard InChI is InChI=1S/C22H28ClN3O4S/c1-26(31(29,30)17-5-3-2-4-16(17)23)22(6-7-22)20(28)25-18-14-8-13-9-15(18)12-21(10-13,11-14)19(24)27/h2-5,13-15,18H,6-12H2,1H3,(H2,24,27)(H,25,28). The van der Waals surface area contributed by atoms with Gasteiger partial charge < -0.3 is 11.1 Å². The molecule has 2 amide bonds. The summed E-state index contributed by atoms with van der Waals surface area (Å²) in [6.07, 6.45) is 5.28. The monoisotopic (exact) mass is 465 g/mol. The zero-order valence-electron chi connectivity index (χ0n) is 17.5. The highest BCUT2D eigenvalue weighted by atomic mass is 35.5. The third-order valence-electron chi connectivity index (χ3n) is 8.32. The van der Waals surface area contributed by atoms with Gasteiger partial charge in [-0.25, -0.2) is 8.42 Å². The van der Waals surface area contributed by atoms with E-state index >= 15 is 0 Å². The first-order chi connectivity index (χ1) is 14.6. The van der Waals surface area contributed by atoms with Crippen molar-refractivity contribution in [1.29, 1.82) is 0 Å². The Hall–Kier alpha value is -1.64. The Balaban J connectivity index is 1.36. The maximum Gasteiger partial charge on any atom is 0.245 e. The summed E-state index contributed by atoms with van der Waals surface area (Å²) in [6, 6.07) is 6.26. The number of nitrogens with two attached hydrogens (primary N) is 1. The van der Waals surface area contributed by atoms with Crippen molar-refractivity contribution in [3.05, 3.63) is 29.3 Å². The van der Waals surface area contributed by atoms with Crippen LogP contribution in [0.5, 0.6) is 0 Å². The van der Waals surface area contributed by atoms with Gasteiger partial charge in [-0.3, -0.25) is 9.59 Å². The summed E-state index contributed by atoms with van der Waals surface area (Å²) in [7, 11) is -2.45. The number of sulfonamides is 1. The average molecular weight is 466 g/mol. The lowest BCUT2D eigenvalue weighted by molar-refractivity contribution is -0.148. The summed E-state index contributed by atoms with van der Waals surface area (Å²) in [5.74, 6) is 0.501. The molecular weight excluding hydrogens is 438 g/mol. The van der Waals surface area contributed by atoms with E-state index in [2.05, 4.69) is 5.32 Å². The third kappa shape index (κ3) is 3.13. The number of rotatable bonds is 6. The normalized spacial score (nSPS) is 35.2. The number of nitrogens with one attached hydrogen (secondary N) is 1. The number of hydrogen-bond donors (Lipinski definition) is 2. The van der Waals surface area contributed by atoms with Crippen molar-refractivity contribution in [3.8, 4) is 0 Å². The van der Waals surface area contributed by atoms with Crippen LogP contribution in [0, 0.1) is 23.2 Å². The van der Waals surface area contributed by atoms with E-state index in [9.17, 15) is 18.0 Å². The summed E-state index contributed by atoms with van der Waals surface area (Å²) in [6.45, 7) is 0. The molecule has 7 nitrogen and oxygen atoms in total. The second-order valence-corrected chi connectivity index (χ2v) is 12.4. The highest BCUT2D eigenvalue weighted by Crippen LogP contribution is 2.60. The molecule has 168 valence electrons. The smallest absolute Gasteiger partial charge is 0.245 e. The van der Waals surface area contributed by atoms with E-state index in [1.807, 2.05) is 0 Å². The number of benzene rings is 1. The molecule has 5 saturated carbocycles. The minimum Gasteiger partial charge on any atom is -0.369 e. The Morgan fingerprint density at radius 3 is 2.29 bits per heavy atom. The fraction of sp³-hybridized carbons (Fsp3) is 0.636. The van der Waals surface area contributed by atoms with E-state index in [0.29, 0.717) is 18.8 Å². The lowest BCUT2D eigenvalue weighted by Crippen LogP contribution is -2.64. The fourth-order valence-electron chi connectivity index (χ4n) is 6.68. The van der Waals surface area contributed by atoms with Gasteiger partial charge in [-0.1, -0.05) is 23.7 Å². The largest absolute Gasteiger partial charge is 0.369 e. The summed E-state index contributed by atoms with van der Waals surface area (Å²) in [5.41, 5.74) is 4.27. The molecule has 9 heteroatoms. The molecule has 3 N–H and O–H groups in total. The molecule has 31 heavy (non-hydrogen) atoms. The van der Waals surface area contributed by atoms with Gasteiger partial charge in [-0.05, 0) is 74.8 Å². The highest BCUT2D eigenvalue weighted by Gasteiger charge is 2.61. The van der Waals surface area contributed by atoms with Crippen molar-refractivity contribution < 1.29 is 18.0 Å². The number of halogens is 1. The maximum absolute atomic E-state index is 13.4. The molecule has 6 rings (SSSR count). The fourth-order valence-corrected chi connectivity index (χ4v) is 8.70. The van der Waals surface area contributed by atoms with Crippen LogP contribution in [-0.4, -0.2) is 43.2 Å². The molecule has 5 aliphatic rings. The van der Waals surface area contributed by atoms with Crippen molar-refractivity contribution in [2.24, 2.45) is 28.9 Å². The van der Waals surface area contributed by atoms with Gasteiger partial charge in [0.15, 0.2) is 0 Å². The molecule has 0 radical (unpaired) electrons.